The van der Waals surface area contributed by atoms with Crippen LogP contribution in [-0.2, 0) is 32.6 Å². The molecule has 0 radical (unpaired) electrons. The second-order valence-electron chi connectivity index (χ2n) is 8.96. The molecule has 0 heterocycles. The molecule has 1 N–H and O–H groups in total. The topological polar surface area (TPSA) is 86.8 Å². The van der Waals surface area contributed by atoms with Gasteiger partial charge in [-0.3, -0.25) is 13.9 Å². The lowest BCUT2D eigenvalue weighted by atomic mass is 10.1. The molecule has 2 aromatic rings. The predicted octanol–water partition coefficient (Wildman–Crippen LogP) is 3.49. The van der Waals surface area contributed by atoms with Gasteiger partial charge in [-0.05, 0) is 49.4 Å². The Morgan fingerprint density at radius 3 is 2.18 bits per heavy atom. The molecule has 0 saturated heterocycles. The molecule has 3 rings (SSSR count). The van der Waals surface area contributed by atoms with Crippen molar-refractivity contribution in [3.8, 4) is 0 Å². The minimum Gasteiger partial charge on any atom is -0.352 e. The number of nitrogens with zero attached hydrogens (tertiary/aromatic N) is 2. The Hall–Kier alpha value is -2.87. The van der Waals surface area contributed by atoms with E-state index in [1.54, 1.807) is 19.1 Å². The molecule has 184 valence electrons. The molecule has 7 nitrogen and oxygen atoms in total. The van der Waals surface area contributed by atoms with E-state index in [1.165, 1.54) is 4.90 Å². The van der Waals surface area contributed by atoms with E-state index in [9.17, 15) is 18.0 Å². The summed E-state index contributed by atoms with van der Waals surface area (Å²) in [5, 5.41) is 3.06. The van der Waals surface area contributed by atoms with E-state index < -0.39 is 22.0 Å². The second-order valence-corrected chi connectivity index (χ2v) is 10.9. The van der Waals surface area contributed by atoms with Gasteiger partial charge in [0.05, 0.1) is 11.9 Å². The summed E-state index contributed by atoms with van der Waals surface area (Å²) in [6.07, 6.45) is 5.99. The smallest absolute Gasteiger partial charge is 0.244 e. The minimum absolute atomic E-state index is 0.133. The number of hydrogen-bond donors (Lipinski definition) is 1. The fourth-order valence-electron chi connectivity index (χ4n) is 4.27. The lowest BCUT2D eigenvalue weighted by Crippen LogP contribution is -2.52. The molecule has 1 aliphatic carbocycles. The van der Waals surface area contributed by atoms with Crippen LogP contribution in [0.4, 0.5) is 5.69 Å². The lowest BCUT2D eigenvalue weighted by molar-refractivity contribution is -0.139. The lowest BCUT2D eigenvalue weighted by Gasteiger charge is -2.32. The summed E-state index contributed by atoms with van der Waals surface area (Å²) in [5.41, 5.74) is 2.37. The van der Waals surface area contributed by atoms with Crippen molar-refractivity contribution in [2.75, 3.05) is 17.1 Å². The second kappa shape index (κ2) is 11.5. The zero-order valence-corrected chi connectivity index (χ0v) is 21.1. The van der Waals surface area contributed by atoms with Gasteiger partial charge in [-0.1, -0.05) is 62.2 Å². The van der Waals surface area contributed by atoms with E-state index in [-0.39, 0.29) is 25.0 Å². The average Bonchev–Trinajstić information content (AvgIpc) is 3.33. The number of anilines is 1. The monoisotopic (exact) mass is 485 g/mol. The summed E-state index contributed by atoms with van der Waals surface area (Å²) in [6, 6.07) is 15.9. The Kier molecular flexibility index (Phi) is 8.72. The van der Waals surface area contributed by atoms with Crippen molar-refractivity contribution < 1.29 is 18.0 Å². The standard InChI is InChI=1S/C26H35N3O4S/c1-4-21-14-16-24(17-15-21)29(34(3,32)33)19-25(30)28(18-22-10-6-5-7-11-22)20(2)26(31)27-23-12-8-9-13-23/h5-7,10-11,14-17,20,23H,4,8-9,12-13,18-19H2,1-3H3,(H,27,31). The van der Waals surface area contributed by atoms with Gasteiger partial charge in [0.25, 0.3) is 0 Å². The fraction of sp³-hybridized carbons (Fsp3) is 0.462. The molecule has 1 aliphatic rings. The van der Waals surface area contributed by atoms with Crippen molar-refractivity contribution in [1.82, 2.24) is 10.2 Å². The van der Waals surface area contributed by atoms with Gasteiger partial charge < -0.3 is 10.2 Å². The molecule has 1 saturated carbocycles. The van der Waals surface area contributed by atoms with Crippen LogP contribution in [0.1, 0.15) is 50.7 Å². The maximum atomic E-state index is 13.5. The molecule has 0 aromatic heterocycles. The highest BCUT2D eigenvalue weighted by atomic mass is 32.2. The third kappa shape index (κ3) is 6.82. The first-order valence-electron chi connectivity index (χ1n) is 11.9. The third-order valence-electron chi connectivity index (χ3n) is 6.38. The van der Waals surface area contributed by atoms with Gasteiger partial charge in [0.15, 0.2) is 0 Å². The van der Waals surface area contributed by atoms with Crippen LogP contribution >= 0.6 is 0 Å². The zero-order chi connectivity index (χ0) is 24.7. The highest BCUT2D eigenvalue weighted by Crippen LogP contribution is 2.21. The van der Waals surface area contributed by atoms with Gasteiger partial charge in [0, 0.05) is 12.6 Å². The maximum absolute atomic E-state index is 13.5. The van der Waals surface area contributed by atoms with Crippen LogP contribution in [0.15, 0.2) is 54.6 Å². The van der Waals surface area contributed by atoms with Gasteiger partial charge in [-0.15, -0.1) is 0 Å². The summed E-state index contributed by atoms with van der Waals surface area (Å²) in [5.74, 6) is -0.641. The molecular formula is C26H35N3O4S. The summed E-state index contributed by atoms with van der Waals surface area (Å²) in [6.45, 7) is 3.56. The molecular weight excluding hydrogens is 450 g/mol. The number of amides is 2. The van der Waals surface area contributed by atoms with Gasteiger partial charge in [-0.2, -0.15) is 0 Å². The van der Waals surface area contributed by atoms with E-state index >= 15 is 0 Å². The maximum Gasteiger partial charge on any atom is 0.244 e. The van der Waals surface area contributed by atoms with Crippen LogP contribution in [0.2, 0.25) is 0 Å². The van der Waals surface area contributed by atoms with E-state index in [0.717, 1.165) is 53.8 Å². The number of nitrogens with one attached hydrogen (secondary N) is 1. The molecule has 8 heteroatoms. The molecule has 2 aromatic carbocycles. The van der Waals surface area contributed by atoms with Crippen molar-refractivity contribution >= 4 is 27.5 Å². The number of hydrogen-bond acceptors (Lipinski definition) is 4. The molecule has 0 spiro atoms. The molecule has 34 heavy (non-hydrogen) atoms. The summed E-state index contributed by atoms with van der Waals surface area (Å²) in [7, 11) is -3.72. The number of rotatable bonds is 10. The Bertz CT molecular complexity index is 1060. The molecule has 1 fully saturated rings. The highest BCUT2D eigenvalue weighted by molar-refractivity contribution is 7.92. The SMILES string of the molecule is CCc1ccc(N(CC(=O)N(Cc2ccccc2)C(C)C(=O)NC2CCCC2)S(C)(=O)=O)cc1. The molecule has 0 aliphatic heterocycles. The van der Waals surface area contributed by atoms with Crippen LogP contribution < -0.4 is 9.62 Å². The summed E-state index contributed by atoms with van der Waals surface area (Å²) in [4.78, 5) is 28.0. The van der Waals surface area contributed by atoms with Crippen molar-refractivity contribution in [1.29, 1.82) is 0 Å². The number of carbonyl (C=O) groups is 2. The zero-order valence-electron chi connectivity index (χ0n) is 20.2. The third-order valence-corrected chi connectivity index (χ3v) is 7.52. The number of sulfonamides is 1. The quantitative estimate of drug-likeness (QED) is 0.558. The number of benzene rings is 2. The Labute approximate surface area is 203 Å². The van der Waals surface area contributed by atoms with Crippen LogP contribution in [0.5, 0.6) is 0 Å². The van der Waals surface area contributed by atoms with Gasteiger partial charge in [-0.25, -0.2) is 8.42 Å². The van der Waals surface area contributed by atoms with E-state index in [4.69, 9.17) is 0 Å². The Balaban J connectivity index is 1.84. The molecule has 1 unspecified atom stereocenters. The van der Waals surface area contributed by atoms with Crippen LogP contribution in [-0.4, -0.2) is 50.0 Å². The van der Waals surface area contributed by atoms with Crippen molar-refractivity contribution in [2.45, 2.75) is 64.6 Å². The minimum atomic E-state index is -3.72. The first-order valence-corrected chi connectivity index (χ1v) is 13.7. The Morgan fingerprint density at radius 1 is 1.00 bits per heavy atom. The van der Waals surface area contributed by atoms with E-state index in [2.05, 4.69) is 5.32 Å². The summed E-state index contributed by atoms with van der Waals surface area (Å²) >= 11 is 0. The van der Waals surface area contributed by atoms with Crippen molar-refractivity contribution in [3.05, 3.63) is 65.7 Å². The van der Waals surface area contributed by atoms with E-state index in [0.29, 0.717) is 5.69 Å². The first-order chi connectivity index (χ1) is 16.2. The molecule has 1 atom stereocenters. The number of aryl methyl sites for hydroxylation is 1. The van der Waals surface area contributed by atoms with Gasteiger partial charge in [0.2, 0.25) is 21.8 Å². The van der Waals surface area contributed by atoms with Gasteiger partial charge in [0.1, 0.15) is 12.6 Å². The normalized spacial score (nSPS) is 15.0. The van der Waals surface area contributed by atoms with E-state index in [1.807, 2.05) is 49.4 Å². The Morgan fingerprint density at radius 2 is 1.62 bits per heavy atom. The molecule has 0 bridgehead atoms. The summed E-state index contributed by atoms with van der Waals surface area (Å²) < 4.78 is 26.3. The highest BCUT2D eigenvalue weighted by Gasteiger charge is 2.31. The number of carbonyl (C=O) groups excluding carboxylic acids is 2. The van der Waals surface area contributed by atoms with Crippen molar-refractivity contribution in [3.63, 3.8) is 0 Å². The first kappa shape index (κ1) is 25.7. The predicted molar refractivity (Wildman–Crippen MR) is 135 cm³/mol. The van der Waals surface area contributed by atoms with Crippen LogP contribution in [0.3, 0.4) is 0 Å². The van der Waals surface area contributed by atoms with Crippen LogP contribution in [0, 0.1) is 0 Å². The average molecular weight is 486 g/mol. The fourth-order valence-corrected chi connectivity index (χ4v) is 5.12. The molecule has 2 amide bonds. The largest absolute Gasteiger partial charge is 0.352 e. The van der Waals surface area contributed by atoms with Crippen LogP contribution in [0.25, 0.3) is 0 Å². The van der Waals surface area contributed by atoms with Gasteiger partial charge >= 0.3 is 0 Å². The van der Waals surface area contributed by atoms with Crippen molar-refractivity contribution in [2.24, 2.45) is 0 Å².